The summed E-state index contributed by atoms with van der Waals surface area (Å²) < 4.78 is 10.9. The molecule has 0 spiro atoms. The van der Waals surface area contributed by atoms with Gasteiger partial charge in [0.15, 0.2) is 11.5 Å². The van der Waals surface area contributed by atoms with Gasteiger partial charge in [-0.3, -0.25) is 4.98 Å². The van der Waals surface area contributed by atoms with Crippen LogP contribution < -0.4 is 14.8 Å². The third-order valence-corrected chi connectivity index (χ3v) is 4.77. The zero-order valence-electron chi connectivity index (χ0n) is 16.5. The van der Waals surface area contributed by atoms with Gasteiger partial charge in [-0.2, -0.15) is 0 Å². The standard InChI is InChI=1S/C21H32N2O2/c1-15(18-19(25-7)17(24-6)9-12-22-18)23-16-13-20(2,3)10-8-11-21(4,5)14-16/h8-10,12,16,23H,1,11,13-14H2,2-7H3/b10-8-. The molecule has 25 heavy (non-hydrogen) atoms. The first kappa shape index (κ1) is 19.4. The molecular formula is C21H32N2O2. The van der Waals surface area contributed by atoms with E-state index in [-0.39, 0.29) is 10.8 Å². The number of rotatable bonds is 5. The maximum absolute atomic E-state index is 5.50. The van der Waals surface area contributed by atoms with Gasteiger partial charge in [0.1, 0.15) is 5.69 Å². The minimum Gasteiger partial charge on any atom is -0.493 e. The van der Waals surface area contributed by atoms with Crippen LogP contribution in [0.5, 0.6) is 11.5 Å². The molecule has 1 aromatic rings. The van der Waals surface area contributed by atoms with E-state index in [0.29, 0.717) is 23.2 Å². The summed E-state index contributed by atoms with van der Waals surface area (Å²) in [5.41, 5.74) is 1.88. The predicted molar refractivity (Wildman–Crippen MR) is 104 cm³/mol. The second-order valence-corrected chi connectivity index (χ2v) is 8.38. The van der Waals surface area contributed by atoms with Crippen molar-refractivity contribution in [1.29, 1.82) is 0 Å². The van der Waals surface area contributed by atoms with Gasteiger partial charge < -0.3 is 14.8 Å². The Hall–Kier alpha value is -1.97. The molecule has 138 valence electrons. The summed E-state index contributed by atoms with van der Waals surface area (Å²) in [5.74, 6) is 1.28. The highest BCUT2D eigenvalue weighted by molar-refractivity contribution is 5.67. The molecule has 1 N–H and O–H groups in total. The zero-order chi connectivity index (χ0) is 18.7. The van der Waals surface area contributed by atoms with Crippen LogP contribution in [0.4, 0.5) is 0 Å². The quantitative estimate of drug-likeness (QED) is 0.778. The van der Waals surface area contributed by atoms with E-state index in [4.69, 9.17) is 9.47 Å². The lowest BCUT2D eigenvalue weighted by atomic mass is 9.74. The van der Waals surface area contributed by atoms with Crippen LogP contribution in [0.3, 0.4) is 0 Å². The maximum atomic E-state index is 5.50. The second-order valence-electron chi connectivity index (χ2n) is 8.38. The van der Waals surface area contributed by atoms with Crippen LogP contribution in [-0.4, -0.2) is 25.2 Å². The van der Waals surface area contributed by atoms with E-state index in [1.54, 1.807) is 26.5 Å². The molecule has 0 radical (unpaired) electrons. The Morgan fingerprint density at radius 2 is 1.92 bits per heavy atom. The molecule has 1 aliphatic carbocycles. The van der Waals surface area contributed by atoms with Crippen molar-refractivity contribution in [2.45, 2.75) is 53.0 Å². The van der Waals surface area contributed by atoms with Crippen molar-refractivity contribution in [3.05, 3.63) is 36.7 Å². The lowest BCUT2D eigenvalue weighted by Gasteiger charge is -2.37. The predicted octanol–water partition coefficient (Wildman–Crippen LogP) is 4.82. The second kappa shape index (κ2) is 7.51. The molecule has 1 unspecified atom stereocenters. The summed E-state index contributed by atoms with van der Waals surface area (Å²) in [4.78, 5) is 4.46. The highest BCUT2D eigenvalue weighted by Gasteiger charge is 2.30. The van der Waals surface area contributed by atoms with E-state index in [1.807, 2.05) is 0 Å². The molecule has 0 amide bonds. The number of nitrogens with one attached hydrogen (secondary N) is 1. The Kier molecular flexibility index (Phi) is 5.81. The molecule has 0 saturated carbocycles. The van der Waals surface area contributed by atoms with Crippen molar-refractivity contribution >= 4 is 5.70 Å². The van der Waals surface area contributed by atoms with Crippen LogP contribution in [0, 0.1) is 10.8 Å². The molecule has 0 aromatic carbocycles. The van der Waals surface area contributed by atoms with Gasteiger partial charge in [-0.05, 0) is 30.1 Å². The summed E-state index contributed by atoms with van der Waals surface area (Å²) in [6.07, 6.45) is 9.60. The van der Waals surface area contributed by atoms with Crippen molar-refractivity contribution in [3.63, 3.8) is 0 Å². The van der Waals surface area contributed by atoms with Gasteiger partial charge in [0.25, 0.3) is 0 Å². The highest BCUT2D eigenvalue weighted by Crippen LogP contribution is 2.38. The van der Waals surface area contributed by atoms with Crippen molar-refractivity contribution in [2.75, 3.05) is 14.2 Å². The summed E-state index contributed by atoms with van der Waals surface area (Å²) in [7, 11) is 3.26. The van der Waals surface area contributed by atoms with Crippen LogP contribution in [0.1, 0.15) is 52.7 Å². The number of allylic oxidation sites excluding steroid dienone is 2. The van der Waals surface area contributed by atoms with Crippen LogP contribution >= 0.6 is 0 Å². The average Bonchev–Trinajstić information content (AvgIpc) is 2.51. The molecule has 1 heterocycles. The number of ether oxygens (including phenoxy) is 2. The average molecular weight is 344 g/mol. The molecule has 0 bridgehead atoms. The first-order chi connectivity index (χ1) is 11.7. The number of methoxy groups -OCH3 is 2. The fraction of sp³-hybridized carbons (Fsp3) is 0.571. The third kappa shape index (κ3) is 5.00. The minimum absolute atomic E-state index is 0.153. The Morgan fingerprint density at radius 3 is 2.56 bits per heavy atom. The van der Waals surface area contributed by atoms with Gasteiger partial charge >= 0.3 is 0 Å². The number of aromatic nitrogens is 1. The largest absolute Gasteiger partial charge is 0.493 e. The van der Waals surface area contributed by atoms with Crippen LogP contribution in [0.2, 0.25) is 0 Å². The molecule has 1 atom stereocenters. The van der Waals surface area contributed by atoms with E-state index in [1.165, 1.54) is 0 Å². The third-order valence-electron chi connectivity index (χ3n) is 4.77. The summed E-state index contributed by atoms with van der Waals surface area (Å²) in [6.45, 7) is 13.4. The Balaban J connectivity index is 2.25. The Bertz CT molecular complexity index is 647. The molecule has 0 saturated heterocycles. The number of pyridine rings is 1. The first-order valence-corrected chi connectivity index (χ1v) is 8.88. The van der Waals surface area contributed by atoms with Gasteiger partial charge in [-0.15, -0.1) is 0 Å². The fourth-order valence-corrected chi connectivity index (χ4v) is 3.64. The van der Waals surface area contributed by atoms with E-state index in [2.05, 4.69) is 56.7 Å². The maximum Gasteiger partial charge on any atom is 0.188 e. The summed E-state index contributed by atoms with van der Waals surface area (Å²) in [5, 5.41) is 3.61. The van der Waals surface area contributed by atoms with Gasteiger partial charge in [-0.25, -0.2) is 0 Å². The molecule has 4 heteroatoms. The molecule has 4 nitrogen and oxygen atoms in total. The van der Waals surface area contributed by atoms with Gasteiger partial charge in [0.05, 0.1) is 19.9 Å². The van der Waals surface area contributed by atoms with Crippen molar-refractivity contribution < 1.29 is 9.47 Å². The van der Waals surface area contributed by atoms with Crippen LogP contribution in [0.15, 0.2) is 31.0 Å². The van der Waals surface area contributed by atoms with E-state index >= 15 is 0 Å². The Morgan fingerprint density at radius 1 is 1.20 bits per heavy atom. The number of nitrogens with zero attached hydrogens (tertiary/aromatic N) is 1. The molecule has 0 fully saturated rings. The molecular weight excluding hydrogens is 312 g/mol. The first-order valence-electron chi connectivity index (χ1n) is 8.88. The zero-order valence-corrected chi connectivity index (χ0v) is 16.5. The molecule has 0 aliphatic heterocycles. The lowest BCUT2D eigenvalue weighted by Crippen LogP contribution is -2.37. The SMILES string of the molecule is C=C(NC1CC(C)(C)/C=C\CC(C)(C)C1)c1nccc(OC)c1OC. The van der Waals surface area contributed by atoms with E-state index in [0.717, 1.165) is 25.0 Å². The molecule has 1 aromatic heterocycles. The lowest BCUT2D eigenvalue weighted by molar-refractivity contribution is 0.243. The summed E-state index contributed by atoms with van der Waals surface area (Å²) >= 11 is 0. The van der Waals surface area contributed by atoms with Gasteiger partial charge in [0.2, 0.25) is 0 Å². The van der Waals surface area contributed by atoms with E-state index in [9.17, 15) is 0 Å². The van der Waals surface area contributed by atoms with Crippen molar-refractivity contribution in [1.82, 2.24) is 10.3 Å². The van der Waals surface area contributed by atoms with Crippen LogP contribution in [-0.2, 0) is 0 Å². The highest BCUT2D eigenvalue weighted by atomic mass is 16.5. The van der Waals surface area contributed by atoms with Crippen molar-refractivity contribution in [2.24, 2.45) is 10.8 Å². The fourth-order valence-electron chi connectivity index (χ4n) is 3.64. The number of hydrogen-bond donors (Lipinski definition) is 1. The van der Waals surface area contributed by atoms with Gasteiger partial charge in [-0.1, -0.05) is 46.4 Å². The number of hydrogen-bond acceptors (Lipinski definition) is 4. The van der Waals surface area contributed by atoms with Crippen LogP contribution in [0.25, 0.3) is 5.70 Å². The normalized spacial score (nSPS) is 23.0. The molecule has 2 rings (SSSR count). The van der Waals surface area contributed by atoms with Gasteiger partial charge in [0, 0.05) is 18.3 Å². The van der Waals surface area contributed by atoms with Crippen molar-refractivity contribution in [3.8, 4) is 11.5 Å². The topological polar surface area (TPSA) is 43.4 Å². The summed E-state index contributed by atoms with van der Waals surface area (Å²) in [6, 6.07) is 2.11. The Labute approximate surface area is 152 Å². The van der Waals surface area contributed by atoms with E-state index < -0.39 is 0 Å². The smallest absolute Gasteiger partial charge is 0.188 e. The molecule has 1 aliphatic rings. The monoisotopic (exact) mass is 344 g/mol. The minimum atomic E-state index is 0.153.